The van der Waals surface area contributed by atoms with E-state index in [4.69, 9.17) is 5.73 Å². The number of carbonyl (C=O) groups excluding carboxylic acids is 4. The van der Waals surface area contributed by atoms with Crippen LogP contribution in [0, 0.1) is 0 Å². The van der Waals surface area contributed by atoms with E-state index in [2.05, 4.69) is 0 Å². The Morgan fingerprint density at radius 2 is 1.50 bits per heavy atom. The molecular weight excluding hydrogens is 264 g/mol. The largest absolute Gasteiger partial charge is 0.339 e. The van der Waals surface area contributed by atoms with Gasteiger partial charge in [0.1, 0.15) is 0 Å². The maximum absolute atomic E-state index is 12.0. The van der Waals surface area contributed by atoms with Gasteiger partial charge in [0.05, 0.1) is 0 Å². The minimum Gasteiger partial charge on any atom is -0.339 e. The number of carbonyl (C=O) groups is 4. The first-order chi connectivity index (χ1) is 9.38. The first-order valence-electron chi connectivity index (χ1n) is 6.45. The van der Waals surface area contributed by atoms with Gasteiger partial charge in [-0.1, -0.05) is 0 Å². The van der Waals surface area contributed by atoms with E-state index < -0.39 is 17.7 Å². The molecule has 4 amide bonds. The Morgan fingerprint density at radius 3 is 1.90 bits per heavy atom. The van der Waals surface area contributed by atoms with Crippen LogP contribution in [0.5, 0.6) is 0 Å². The second-order valence-electron chi connectivity index (χ2n) is 4.56. The van der Waals surface area contributed by atoms with Gasteiger partial charge < -0.3 is 15.5 Å². The Bertz CT molecular complexity index is 416. The van der Waals surface area contributed by atoms with Crippen LogP contribution in [0.15, 0.2) is 0 Å². The molecule has 0 aliphatic carbocycles. The molecule has 1 rings (SSSR count). The Hall–Kier alpha value is -1.96. The van der Waals surface area contributed by atoms with E-state index >= 15 is 0 Å². The number of amides is 4. The standard InChI is InChI=1S/C12H20N4O4/c1-9(17)14-5-7-15(8-6-14)11(19)12(20)16(4-3-13)10(2)18/h3-8,13H2,1-2H3. The summed E-state index contributed by atoms with van der Waals surface area (Å²) >= 11 is 0. The highest BCUT2D eigenvalue weighted by molar-refractivity contribution is 6.37. The van der Waals surface area contributed by atoms with Crippen molar-refractivity contribution in [1.82, 2.24) is 14.7 Å². The van der Waals surface area contributed by atoms with Crippen LogP contribution in [-0.4, -0.2) is 77.6 Å². The lowest BCUT2D eigenvalue weighted by Crippen LogP contribution is -2.55. The maximum Gasteiger partial charge on any atom is 0.318 e. The van der Waals surface area contributed by atoms with Crippen molar-refractivity contribution in [3.05, 3.63) is 0 Å². The van der Waals surface area contributed by atoms with E-state index in [9.17, 15) is 19.2 Å². The van der Waals surface area contributed by atoms with Crippen LogP contribution >= 0.6 is 0 Å². The van der Waals surface area contributed by atoms with Gasteiger partial charge in [0.25, 0.3) is 0 Å². The zero-order valence-corrected chi connectivity index (χ0v) is 11.8. The fraction of sp³-hybridized carbons (Fsp3) is 0.667. The van der Waals surface area contributed by atoms with Gasteiger partial charge >= 0.3 is 11.8 Å². The molecule has 1 fully saturated rings. The lowest BCUT2D eigenvalue weighted by Gasteiger charge is -2.34. The third-order valence-corrected chi connectivity index (χ3v) is 3.17. The van der Waals surface area contributed by atoms with Crippen LogP contribution in [0.2, 0.25) is 0 Å². The summed E-state index contributed by atoms with van der Waals surface area (Å²) in [6.07, 6.45) is 0. The van der Waals surface area contributed by atoms with Crippen LogP contribution in [0.3, 0.4) is 0 Å². The Morgan fingerprint density at radius 1 is 1.00 bits per heavy atom. The summed E-state index contributed by atoms with van der Waals surface area (Å²) < 4.78 is 0. The maximum atomic E-state index is 12.0. The highest BCUT2D eigenvalue weighted by Crippen LogP contribution is 2.04. The lowest BCUT2D eigenvalue weighted by molar-refractivity contribution is -0.157. The molecule has 1 aliphatic rings. The number of imide groups is 1. The van der Waals surface area contributed by atoms with Crippen LogP contribution in [-0.2, 0) is 19.2 Å². The van der Waals surface area contributed by atoms with Gasteiger partial charge in [0.15, 0.2) is 0 Å². The number of nitrogens with zero attached hydrogens (tertiary/aromatic N) is 3. The summed E-state index contributed by atoms with van der Waals surface area (Å²) in [5.74, 6) is -2.15. The summed E-state index contributed by atoms with van der Waals surface area (Å²) in [6.45, 7) is 4.17. The van der Waals surface area contributed by atoms with Gasteiger partial charge in [0, 0.05) is 53.1 Å². The highest BCUT2D eigenvalue weighted by Gasteiger charge is 2.31. The Balaban J connectivity index is 2.64. The van der Waals surface area contributed by atoms with Crippen molar-refractivity contribution in [1.29, 1.82) is 0 Å². The van der Waals surface area contributed by atoms with Gasteiger partial charge in [-0.2, -0.15) is 0 Å². The number of hydrogen-bond donors (Lipinski definition) is 1. The molecule has 20 heavy (non-hydrogen) atoms. The van der Waals surface area contributed by atoms with Gasteiger partial charge in [0.2, 0.25) is 11.8 Å². The molecule has 0 atom stereocenters. The van der Waals surface area contributed by atoms with Crippen molar-refractivity contribution in [3.8, 4) is 0 Å². The minimum atomic E-state index is -0.862. The number of hydrogen-bond acceptors (Lipinski definition) is 5. The van der Waals surface area contributed by atoms with Crippen molar-refractivity contribution in [2.75, 3.05) is 39.3 Å². The van der Waals surface area contributed by atoms with Gasteiger partial charge in [-0.15, -0.1) is 0 Å². The third kappa shape index (κ3) is 3.77. The van der Waals surface area contributed by atoms with Crippen molar-refractivity contribution in [3.63, 3.8) is 0 Å². The second-order valence-corrected chi connectivity index (χ2v) is 4.56. The van der Waals surface area contributed by atoms with E-state index in [0.29, 0.717) is 26.2 Å². The summed E-state index contributed by atoms with van der Waals surface area (Å²) in [5.41, 5.74) is 5.32. The van der Waals surface area contributed by atoms with E-state index in [-0.39, 0.29) is 19.0 Å². The summed E-state index contributed by atoms with van der Waals surface area (Å²) in [5, 5.41) is 0. The second kappa shape index (κ2) is 6.99. The molecule has 0 saturated carbocycles. The average Bonchev–Trinajstić information content (AvgIpc) is 2.43. The topological polar surface area (TPSA) is 104 Å². The molecule has 2 N–H and O–H groups in total. The fourth-order valence-corrected chi connectivity index (χ4v) is 2.01. The predicted molar refractivity (Wildman–Crippen MR) is 70.3 cm³/mol. The molecule has 0 aromatic rings. The van der Waals surface area contributed by atoms with E-state index in [1.54, 1.807) is 4.90 Å². The van der Waals surface area contributed by atoms with Gasteiger partial charge in [-0.25, -0.2) is 0 Å². The lowest BCUT2D eigenvalue weighted by atomic mass is 10.3. The third-order valence-electron chi connectivity index (χ3n) is 3.17. The molecule has 0 aromatic carbocycles. The zero-order valence-electron chi connectivity index (χ0n) is 11.8. The van der Waals surface area contributed by atoms with Crippen LogP contribution < -0.4 is 5.73 Å². The Kier molecular flexibility index (Phi) is 5.63. The number of piperazine rings is 1. The monoisotopic (exact) mass is 284 g/mol. The van der Waals surface area contributed by atoms with Crippen LogP contribution in [0.25, 0.3) is 0 Å². The first kappa shape index (κ1) is 16.1. The molecule has 0 aromatic heterocycles. The van der Waals surface area contributed by atoms with E-state index in [1.165, 1.54) is 18.7 Å². The molecule has 112 valence electrons. The minimum absolute atomic E-state index is 0.0211. The molecule has 1 saturated heterocycles. The van der Waals surface area contributed by atoms with Crippen LogP contribution in [0.4, 0.5) is 0 Å². The van der Waals surface area contributed by atoms with Gasteiger partial charge in [-0.05, 0) is 0 Å². The first-order valence-corrected chi connectivity index (χ1v) is 6.45. The van der Waals surface area contributed by atoms with Crippen molar-refractivity contribution < 1.29 is 19.2 Å². The Labute approximate surface area is 117 Å². The quantitative estimate of drug-likeness (QED) is 0.591. The SMILES string of the molecule is CC(=O)N1CCN(C(=O)C(=O)N(CCN)C(C)=O)CC1. The van der Waals surface area contributed by atoms with Crippen LogP contribution in [0.1, 0.15) is 13.8 Å². The number of nitrogens with two attached hydrogens (primary N) is 1. The molecule has 0 bridgehead atoms. The van der Waals surface area contributed by atoms with Crippen molar-refractivity contribution in [2.24, 2.45) is 5.73 Å². The molecule has 8 nitrogen and oxygen atoms in total. The smallest absolute Gasteiger partial charge is 0.318 e. The molecular formula is C12H20N4O4. The fourth-order valence-electron chi connectivity index (χ4n) is 2.01. The van der Waals surface area contributed by atoms with Crippen molar-refractivity contribution >= 4 is 23.6 Å². The summed E-state index contributed by atoms with van der Waals surface area (Å²) in [7, 11) is 0. The molecule has 0 radical (unpaired) electrons. The predicted octanol–water partition coefficient (Wildman–Crippen LogP) is -1.99. The van der Waals surface area contributed by atoms with E-state index in [1.807, 2.05) is 0 Å². The molecule has 1 heterocycles. The molecule has 8 heteroatoms. The molecule has 0 unspecified atom stereocenters. The highest BCUT2D eigenvalue weighted by atomic mass is 16.2. The summed E-state index contributed by atoms with van der Waals surface area (Å²) in [4.78, 5) is 50.3. The molecule has 0 spiro atoms. The van der Waals surface area contributed by atoms with E-state index in [0.717, 1.165) is 4.90 Å². The number of rotatable bonds is 2. The van der Waals surface area contributed by atoms with Gasteiger partial charge in [-0.3, -0.25) is 24.1 Å². The van der Waals surface area contributed by atoms with Crippen molar-refractivity contribution in [2.45, 2.75) is 13.8 Å². The normalized spacial score (nSPS) is 14.9. The summed E-state index contributed by atoms with van der Waals surface area (Å²) in [6, 6.07) is 0. The average molecular weight is 284 g/mol. The molecule has 1 aliphatic heterocycles. The zero-order chi connectivity index (χ0) is 15.3.